The van der Waals surface area contributed by atoms with Crippen LogP contribution in [0.15, 0.2) is 48.5 Å². The third-order valence-corrected chi connectivity index (χ3v) is 4.24. The molecule has 0 unspecified atom stereocenters. The van der Waals surface area contributed by atoms with Crippen LogP contribution in [0.2, 0.25) is 0 Å². The number of rotatable bonds is 4. The molecule has 0 fully saturated rings. The number of nitrogens with one attached hydrogen (secondary N) is 1. The summed E-state index contributed by atoms with van der Waals surface area (Å²) in [6, 6.07) is 13.5. The molecule has 1 heterocycles. The van der Waals surface area contributed by atoms with Crippen molar-refractivity contribution in [2.24, 2.45) is 0 Å². The van der Waals surface area contributed by atoms with Gasteiger partial charge in [-0.15, -0.1) is 10.2 Å². The lowest BCUT2D eigenvalue weighted by molar-refractivity contribution is -0.385. The smallest absolute Gasteiger partial charge is 0.282 e. The van der Waals surface area contributed by atoms with Gasteiger partial charge in [-0.05, 0) is 18.6 Å². The number of carbonyl (C=O) groups excluding carboxylic acids is 1. The fraction of sp³-hybridized carbons (Fsp3) is 0.0625. The van der Waals surface area contributed by atoms with Gasteiger partial charge < -0.3 is 0 Å². The number of para-hydroxylation sites is 1. The van der Waals surface area contributed by atoms with Crippen molar-refractivity contribution in [2.45, 2.75) is 6.92 Å². The van der Waals surface area contributed by atoms with E-state index < -0.39 is 10.8 Å². The van der Waals surface area contributed by atoms with Crippen LogP contribution in [0.25, 0.3) is 10.6 Å². The summed E-state index contributed by atoms with van der Waals surface area (Å²) in [5.74, 6) is -0.588. The van der Waals surface area contributed by atoms with E-state index in [-0.39, 0.29) is 16.4 Å². The number of aromatic nitrogens is 2. The largest absolute Gasteiger partial charge is 0.296 e. The first-order chi connectivity index (χ1) is 11.6. The first-order valence-corrected chi connectivity index (χ1v) is 7.82. The number of benzene rings is 2. The van der Waals surface area contributed by atoms with Gasteiger partial charge in [-0.2, -0.15) is 0 Å². The van der Waals surface area contributed by atoms with Gasteiger partial charge in [0.05, 0.1) is 4.92 Å². The lowest BCUT2D eigenvalue weighted by Gasteiger charge is -2.02. The molecule has 1 aromatic heterocycles. The number of nitro benzene ring substituents is 1. The molecule has 0 saturated heterocycles. The average Bonchev–Trinajstić information content (AvgIpc) is 3.03. The number of nitrogens with zero attached hydrogens (tertiary/aromatic N) is 3. The van der Waals surface area contributed by atoms with Crippen LogP contribution in [0.3, 0.4) is 0 Å². The maximum atomic E-state index is 12.3. The Labute approximate surface area is 141 Å². The van der Waals surface area contributed by atoms with Gasteiger partial charge >= 0.3 is 0 Å². The second-order valence-electron chi connectivity index (χ2n) is 4.96. The van der Waals surface area contributed by atoms with Crippen molar-refractivity contribution in [1.29, 1.82) is 0 Å². The van der Waals surface area contributed by atoms with Gasteiger partial charge in [0.25, 0.3) is 11.6 Å². The van der Waals surface area contributed by atoms with E-state index in [1.807, 2.05) is 31.2 Å². The Morgan fingerprint density at radius 1 is 1.12 bits per heavy atom. The SMILES string of the molecule is Cc1ccccc1-c1nnc(NC(=O)c2ccccc2[N+](=O)[O-])s1. The quantitative estimate of drug-likeness (QED) is 0.577. The molecule has 1 amide bonds. The Hall–Kier alpha value is -3.13. The van der Waals surface area contributed by atoms with Crippen LogP contribution in [0, 0.1) is 17.0 Å². The predicted octanol–water partition coefficient (Wildman–Crippen LogP) is 3.67. The molecule has 0 aliphatic rings. The highest BCUT2D eigenvalue weighted by Crippen LogP contribution is 2.29. The highest BCUT2D eigenvalue weighted by Gasteiger charge is 2.20. The first-order valence-electron chi connectivity index (χ1n) is 7.00. The van der Waals surface area contributed by atoms with Crippen LogP contribution >= 0.6 is 11.3 Å². The van der Waals surface area contributed by atoms with E-state index in [9.17, 15) is 14.9 Å². The molecule has 8 heteroatoms. The molecular formula is C16H12N4O3S. The van der Waals surface area contributed by atoms with E-state index in [1.165, 1.54) is 29.5 Å². The van der Waals surface area contributed by atoms with E-state index >= 15 is 0 Å². The van der Waals surface area contributed by atoms with Crippen LogP contribution < -0.4 is 5.32 Å². The Kier molecular flexibility index (Phi) is 4.30. The van der Waals surface area contributed by atoms with Crippen LogP contribution in [0.5, 0.6) is 0 Å². The average molecular weight is 340 g/mol. The van der Waals surface area contributed by atoms with Gasteiger partial charge in [-0.1, -0.05) is 47.7 Å². The zero-order chi connectivity index (χ0) is 17.1. The molecule has 1 N–H and O–H groups in total. The van der Waals surface area contributed by atoms with Crippen molar-refractivity contribution in [1.82, 2.24) is 10.2 Å². The lowest BCUT2D eigenvalue weighted by atomic mass is 10.1. The molecule has 0 atom stereocenters. The third kappa shape index (κ3) is 3.13. The molecule has 0 spiro atoms. The van der Waals surface area contributed by atoms with Crippen molar-refractivity contribution in [3.63, 3.8) is 0 Å². The fourth-order valence-electron chi connectivity index (χ4n) is 2.18. The Bertz CT molecular complexity index is 923. The minimum absolute atomic E-state index is 0.0184. The van der Waals surface area contributed by atoms with Gasteiger partial charge in [0.15, 0.2) is 0 Å². The second-order valence-corrected chi connectivity index (χ2v) is 5.93. The van der Waals surface area contributed by atoms with Crippen LogP contribution in [0.4, 0.5) is 10.8 Å². The summed E-state index contributed by atoms with van der Waals surface area (Å²) in [5, 5.41) is 22.5. The maximum Gasteiger partial charge on any atom is 0.282 e. The maximum absolute atomic E-state index is 12.3. The molecule has 0 bridgehead atoms. The highest BCUT2D eigenvalue weighted by molar-refractivity contribution is 7.18. The minimum atomic E-state index is -0.590. The number of hydrogen-bond donors (Lipinski definition) is 1. The molecule has 3 rings (SSSR count). The van der Waals surface area contributed by atoms with E-state index in [0.29, 0.717) is 5.01 Å². The van der Waals surface area contributed by atoms with Gasteiger partial charge in [0.2, 0.25) is 5.13 Å². The van der Waals surface area contributed by atoms with E-state index in [0.717, 1.165) is 11.1 Å². The van der Waals surface area contributed by atoms with Gasteiger partial charge in [-0.3, -0.25) is 20.2 Å². The molecule has 7 nitrogen and oxygen atoms in total. The summed E-state index contributed by atoms with van der Waals surface area (Å²) < 4.78 is 0. The van der Waals surface area contributed by atoms with Gasteiger partial charge in [-0.25, -0.2) is 0 Å². The molecule has 0 radical (unpaired) electrons. The van der Waals surface area contributed by atoms with Crippen molar-refractivity contribution >= 4 is 28.1 Å². The summed E-state index contributed by atoms with van der Waals surface area (Å²) in [6.07, 6.45) is 0. The number of nitro groups is 1. The summed E-state index contributed by atoms with van der Waals surface area (Å²) in [4.78, 5) is 22.7. The highest BCUT2D eigenvalue weighted by atomic mass is 32.1. The van der Waals surface area contributed by atoms with E-state index in [4.69, 9.17) is 0 Å². The lowest BCUT2D eigenvalue weighted by Crippen LogP contribution is -2.13. The summed E-state index contributed by atoms with van der Waals surface area (Å²) >= 11 is 1.21. The first kappa shape index (κ1) is 15.8. The summed E-state index contributed by atoms with van der Waals surface area (Å²) in [5.41, 5.74) is 1.71. The minimum Gasteiger partial charge on any atom is -0.296 e. The normalized spacial score (nSPS) is 10.4. The van der Waals surface area contributed by atoms with Crippen molar-refractivity contribution in [2.75, 3.05) is 5.32 Å². The fourth-order valence-corrected chi connectivity index (χ4v) is 3.01. The number of aryl methyl sites for hydroxylation is 1. The van der Waals surface area contributed by atoms with Crippen LogP contribution in [-0.4, -0.2) is 21.0 Å². The summed E-state index contributed by atoms with van der Waals surface area (Å²) in [6.45, 7) is 1.96. The Balaban J connectivity index is 1.84. The Morgan fingerprint density at radius 2 is 1.83 bits per heavy atom. The predicted molar refractivity (Wildman–Crippen MR) is 91.1 cm³/mol. The third-order valence-electron chi connectivity index (χ3n) is 3.37. The second kappa shape index (κ2) is 6.55. The molecular weight excluding hydrogens is 328 g/mol. The van der Waals surface area contributed by atoms with E-state index in [2.05, 4.69) is 15.5 Å². The molecule has 0 aliphatic heterocycles. The molecule has 24 heavy (non-hydrogen) atoms. The topological polar surface area (TPSA) is 98.0 Å². The van der Waals surface area contributed by atoms with Crippen LogP contribution in [-0.2, 0) is 0 Å². The van der Waals surface area contributed by atoms with Crippen molar-refractivity contribution < 1.29 is 9.72 Å². The van der Waals surface area contributed by atoms with E-state index in [1.54, 1.807) is 6.07 Å². The zero-order valence-corrected chi connectivity index (χ0v) is 13.4. The standard InChI is InChI=1S/C16H12N4O3S/c1-10-6-2-3-7-11(10)15-18-19-16(24-15)17-14(21)12-8-4-5-9-13(12)20(22)23/h2-9H,1H3,(H,17,19,21). The number of anilines is 1. The van der Waals surface area contributed by atoms with Crippen LogP contribution in [0.1, 0.15) is 15.9 Å². The molecule has 3 aromatic rings. The monoisotopic (exact) mass is 340 g/mol. The molecule has 2 aromatic carbocycles. The summed E-state index contributed by atoms with van der Waals surface area (Å²) in [7, 11) is 0. The Morgan fingerprint density at radius 3 is 2.58 bits per heavy atom. The number of hydrogen-bond acceptors (Lipinski definition) is 6. The molecule has 0 saturated carbocycles. The number of carbonyl (C=O) groups is 1. The molecule has 120 valence electrons. The van der Waals surface area contributed by atoms with Crippen molar-refractivity contribution in [3.05, 3.63) is 69.8 Å². The molecule has 0 aliphatic carbocycles. The van der Waals surface area contributed by atoms with Gasteiger partial charge in [0.1, 0.15) is 10.6 Å². The van der Waals surface area contributed by atoms with Crippen molar-refractivity contribution in [3.8, 4) is 10.6 Å². The number of amides is 1. The van der Waals surface area contributed by atoms with Gasteiger partial charge in [0, 0.05) is 11.6 Å². The zero-order valence-electron chi connectivity index (χ0n) is 12.6.